The summed E-state index contributed by atoms with van der Waals surface area (Å²) in [6.45, 7) is 2.01. The summed E-state index contributed by atoms with van der Waals surface area (Å²) < 4.78 is 62.7. The molecule has 1 atom stereocenters. The number of hydrogen-bond donors (Lipinski definition) is 2. The molecule has 23 heavy (non-hydrogen) atoms. The highest BCUT2D eigenvalue weighted by atomic mass is 16.4. The van der Waals surface area contributed by atoms with Gasteiger partial charge in [0.05, 0.1) is 17.0 Å². The molecule has 3 nitrogen and oxygen atoms in total. The van der Waals surface area contributed by atoms with Crippen LogP contribution in [-0.2, 0) is 4.79 Å². The van der Waals surface area contributed by atoms with Crippen molar-refractivity contribution in [3.05, 3.63) is 48.4 Å². The summed E-state index contributed by atoms with van der Waals surface area (Å²) in [5.74, 6) is -1.01. The molecule has 2 N–H and O–H groups in total. The molecule has 0 fully saturated rings. The Morgan fingerprint density at radius 1 is 1.13 bits per heavy atom. The zero-order valence-electron chi connectivity index (χ0n) is 21.7. The quantitative estimate of drug-likeness (QED) is 0.262. The molecule has 3 heteroatoms. The maximum atomic E-state index is 10.5. The van der Waals surface area contributed by atoms with Crippen molar-refractivity contribution in [1.29, 1.82) is 0 Å². The van der Waals surface area contributed by atoms with Crippen LogP contribution in [0.15, 0.2) is 48.4 Å². The number of carboxylic acid groups (broad SMARTS) is 1. The molecule has 0 bridgehead atoms. The summed E-state index contributed by atoms with van der Waals surface area (Å²) in [4.78, 5) is 10.5. The van der Waals surface area contributed by atoms with Crippen molar-refractivity contribution in [2.24, 2.45) is 0 Å². The summed E-state index contributed by atoms with van der Waals surface area (Å²) >= 11 is 0. The Labute approximate surface area is 152 Å². The van der Waals surface area contributed by atoms with Gasteiger partial charge in [0.2, 0.25) is 0 Å². The van der Waals surface area contributed by atoms with Crippen molar-refractivity contribution < 1.29 is 26.0 Å². The zero-order valence-corrected chi connectivity index (χ0v) is 13.7. The lowest BCUT2D eigenvalue weighted by Gasteiger charge is -1.98. The van der Waals surface area contributed by atoms with E-state index in [1.54, 1.807) is 0 Å². The SMILES string of the molecule is [2H]C(/C=C(\[2H])C([2H])(O)C/C([2H])=C(/[2H])C/C([2H])=C(/[2H])CCCC(=O)O)=C(\[2H])CCCCC. The fraction of sp³-hybridized carbons (Fsp3) is 0.550. The van der Waals surface area contributed by atoms with E-state index in [0.29, 0.717) is 6.42 Å². The van der Waals surface area contributed by atoms with Gasteiger partial charge in [-0.05, 0) is 38.5 Å². The van der Waals surface area contributed by atoms with Crippen LogP contribution in [0.5, 0.6) is 0 Å². The maximum absolute atomic E-state index is 10.5. The van der Waals surface area contributed by atoms with Crippen molar-refractivity contribution in [2.75, 3.05) is 0 Å². The fourth-order valence-electron chi connectivity index (χ4n) is 1.49. The number of aliphatic hydroxyl groups is 1. The van der Waals surface area contributed by atoms with E-state index < -0.39 is 36.6 Å². The van der Waals surface area contributed by atoms with Crippen molar-refractivity contribution in [1.82, 2.24) is 0 Å². The summed E-state index contributed by atoms with van der Waals surface area (Å²) in [6, 6.07) is -2.24. The van der Waals surface area contributed by atoms with Gasteiger partial charge in [-0.3, -0.25) is 4.79 Å². The third-order valence-corrected chi connectivity index (χ3v) is 2.69. The van der Waals surface area contributed by atoms with E-state index in [1.807, 2.05) is 6.92 Å². The Morgan fingerprint density at radius 3 is 2.61 bits per heavy atom. The van der Waals surface area contributed by atoms with Crippen LogP contribution in [0.4, 0.5) is 0 Å². The molecule has 0 aliphatic carbocycles. The van der Waals surface area contributed by atoms with Gasteiger partial charge in [-0.2, -0.15) is 0 Å². The van der Waals surface area contributed by atoms with E-state index in [9.17, 15) is 9.90 Å². The van der Waals surface area contributed by atoms with Crippen LogP contribution in [0.2, 0.25) is 0 Å². The molecule has 0 aromatic heterocycles. The second kappa shape index (κ2) is 16.8. The second-order valence-corrected chi connectivity index (χ2v) is 4.82. The molecule has 0 heterocycles. The number of hydrogen-bond acceptors (Lipinski definition) is 2. The third-order valence-electron chi connectivity index (χ3n) is 2.69. The Kier molecular flexibility index (Phi) is 8.04. The minimum atomic E-state index is -2.57. The summed E-state index contributed by atoms with van der Waals surface area (Å²) in [7, 11) is 0. The first-order valence-electron chi connectivity index (χ1n) is 11.9. The van der Waals surface area contributed by atoms with Gasteiger partial charge in [0.1, 0.15) is 0 Å². The number of aliphatic carboxylic acids is 1. The molecule has 0 aliphatic heterocycles. The number of carbonyl (C=O) groups is 1. The molecule has 0 amide bonds. The lowest BCUT2D eigenvalue weighted by Crippen LogP contribution is -1.98. The van der Waals surface area contributed by atoms with Crippen LogP contribution in [0.1, 0.15) is 75.7 Å². The molecule has 0 rings (SSSR count). The van der Waals surface area contributed by atoms with E-state index in [1.165, 1.54) is 0 Å². The van der Waals surface area contributed by atoms with Gasteiger partial charge in [0.25, 0.3) is 0 Å². The van der Waals surface area contributed by atoms with Crippen LogP contribution >= 0.6 is 0 Å². The average molecular weight is 329 g/mol. The minimum Gasteiger partial charge on any atom is -0.481 e. The van der Waals surface area contributed by atoms with Crippen molar-refractivity contribution in [2.45, 2.75) is 70.8 Å². The fourth-order valence-corrected chi connectivity index (χ4v) is 1.49. The van der Waals surface area contributed by atoms with E-state index in [2.05, 4.69) is 0 Å². The molecular weight excluding hydrogens is 288 g/mol. The van der Waals surface area contributed by atoms with Gasteiger partial charge in [-0.25, -0.2) is 0 Å². The molecule has 1 unspecified atom stereocenters. The highest BCUT2D eigenvalue weighted by molar-refractivity contribution is 5.66. The molecule has 0 saturated carbocycles. The second-order valence-electron chi connectivity index (χ2n) is 4.82. The molecule has 0 radical (unpaired) electrons. The van der Waals surface area contributed by atoms with Gasteiger partial charge in [0, 0.05) is 6.42 Å². The lowest BCUT2D eigenvalue weighted by atomic mass is 10.2. The Balaban J connectivity index is 5.22. The van der Waals surface area contributed by atoms with Crippen molar-refractivity contribution in [3.8, 4) is 0 Å². The van der Waals surface area contributed by atoms with Crippen LogP contribution in [0.25, 0.3) is 0 Å². The summed E-state index contributed by atoms with van der Waals surface area (Å²) in [5.41, 5.74) is 0. The minimum absolute atomic E-state index is 0.00771. The number of unbranched alkanes of at least 4 members (excludes halogenated alkanes) is 2. The molecule has 130 valence electrons. The molecular formula is C20H32O3. The van der Waals surface area contributed by atoms with E-state index in [4.69, 9.17) is 16.1 Å². The van der Waals surface area contributed by atoms with Crippen molar-refractivity contribution in [3.63, 3.8) is 0 Å². The molecule has 0 aromatic carbocycles. The number of carboxylic acids is 1. The Hall–Kier alpha value is -1.61. The maximum Gasteiger partial charge on any atom is 0.303 e. The first kappa shape index (κ1) is 11.0. The van der Waals surface area contributed by atoms with E-state index >= 15 is 0 Å². The smallest absolute Gasteiger partial charge is 0.303 e. The lowest BCUT2D eigenvalue weighted by molar-refractivity contribution is -0.137. The molecule has 0 aromatic rings. The molecule has 0 spiro atoms. The van der Waals surface area contributed by atoms with E-state index in [0.717, 1.165) is 25.3 Å². The Morgan fingerprint density at radius 2 is 1.87 bits per heavy atom. The number of rotatable bonds is 14. The highest BCUT2D eigenvalue weighted by Gasteiger charge is 1.93. The van der Waals surface area contributed by atoms with E-state index in [-0.39, 0.29) is 49.9 Å². The number of allylic oxidation sites excluding steroid dienone is 6. The average Bonchev–Trinajstić information content (AvgIpc) is 2.66. The first-order valence-corrected chi connectivity index (χ1v) is 7.91. The largest absolute Gasteiger partial charge is 0.481 e. The monoisotopic (exact) mass is 328 g/mol. The normalized spacial score (nSPS) is 23.1. The van der Waals surface area contributed by atoms with Crippen LogP contribution < -0.4 is 0 Å². The summed E-state index contributed by atoms with van der Waals surface area (Å²) in [6.07, 6.45) is 0.276. The van der Waals surface area contributed by atoms with Gasteiger partial charge < -0.3 is 10.2 Å². The predicted octanol–water partition coefficient (Wildman–Crippen LogP) is 5.19. The van der Waals surface area contributed by atoms with Gasteiger partial charge >= 0.3 is 5.97 Å². The standard InChI is InChI=1S/C20H32O3/c1-2-3-4-5-7-10-13-16-19(21)17-14-11-8-6-9-12-15-18-20(22)23/h6-7,9-11,13-14,16,19,21H,2-5,8,12,15,17-18H2,1H3,(H,22,23)/b9-6-,10-7-,14-11-,16-13+/i6D,7D,9D,10D,11D,14D,16D,19D. The van der Waals surface area contributed by atoms with Gasteiger partial charge in [-0.1, -0.05) is 68.2 Å². The van der Waals surface area contributed by atoms with Crippen LogP contribution in [0, 0.1) is 0 Å². The third kappa shape index (κ3) is 18.3. The molecule has 0 saturated heterocycles. The molecule has 0 aliphatic rings. The topological polar surface area (TPSA) is 57.5 Å². The van der Waals surface area contributed by atoms with Crippen LogP contribution in [0.3, 0.4) is 0 Å². The van der Waals surface area contributed by atoms with Crippen LogP contribution in [-0.4, -0.2) is 22.3 Å². The Bertz CT molecular complexity index is 739. The zero-order chi connectivity index (χ0) is 24.2. The first-order chi connectivity index (χ1) is 14.3. The highest BCUT2D eigenvalue weighted by Crippen LogP contribution is 2.02. The van der Waals surface area contributed by atoms with Crippen molar-refractivity contribution >= 4 is 5.97 Å². The van der Waals surface area contributed by atoms with Gasteiger partial charge in [-0.15, -0.1) is 0 Å². The van der Waals surface area contributed by atoms with Gasteiger partial charge in [0.15, 0.2) is 0 Å². The summed E-state index contributed by atoms with van der Waals surface area (Å²) in [5, 5.41) is 18.8. The predicted molar refractivity (Wildman–Crippen MR) is 97.4 cm³/mol.